The predicted octanol–water partition coefficient (Wildman–Crippen LogP) is 2.44. The van der Waals surface area contributed by atoms with E-state index in [1.807, 2.05) is 0 Å². The lowest BCUT2D eigenvalue weighted by molar-refractivity contribution is -0.128. The van der Waals surface area contributed by atoms with Gasteiger partial charge < -0.3 is 14.8 Å². The number of rotatable bonds is 2. The van der Waals surface area contributed by atoms with Gasteiger partial charge in [0.25, 0.3) is 0 Å². The second kappa shape index (κ2) is 6.54. The third-order valence-corrected chi connectivity index (χ3v) is 2.80. The van der Waals surface area contributed by atoms with Crippen LogP contribution in [0.25, 0.3) is 0 Å². The summed E-state index contributed by atoms with van der Waals surface area (Å²) in [5, 5.41) is 2.59. The highest BCUT2D eigenvalue weighted by Crippen LogP contribution is 2.21. The minimum absolute atomic E-state index is 0.153. The molecule has 1 fully saturated rings. The molecule has 0 spiro atoms. The lowest BCUT2D eigenvalue weighted by atomic mass is 10.2. The lowest BCUT2D eigenvalue weighted by Crippen LogP contribution is -2.47. The van der Waals surface area contributed by atoms with E-state index in [9.17, 15) is 14.4 Å². The first-order chi connectivity index (χ1) is 9.89. The Bertz CT molecular complexity index is 448. The summed E-state index contributed by atoms with van der Waals surface area (Å²) in [5.41, 5.74) is -1.27. The quantitative estimate of drug-likeness (QED) is 0.846. The molecule has 0 bridgehead atoms. The molecule has 1 aliphatic rings. The number of hydrogen-bond donors (Lipinski definition) is 1. The van der Waals surface area contributed by atoms with Crippen molar-refractivity contribution in [3.8, 4) is 0 Å². The molecule has 0 radical (unpaired) electrons. The van der Waals surface area contributed by atoms with Crippen molar-refractivity contribution in [1.82, 2.24) is 10.2 Å². The van der Waals surface area contributed by atoms with E-state index in [2.05, 4.69) is 5.32 Å². The number of alkyl carbamates (subject to hydrolysis) is 1. The Labute approximate surface area is 131 Å². The zero-order valence-electron chi connectivity index (χ0n) is 14.2. The number of nitrogens with one attached hydrogen (secondary N) is 1. The molecule has 3 amide bonds. The molecule has 126 valence electrons. The topological polar surface area (TPSA) is 84.9 Å². The number of ether oxygens (including phenoxy) is 2. The molecule has 1 aliphatic heterocycles. The maximum Gasteiger partial charge on any atom is 0.417 e. The molecule has 7 heteroatoms. The number of amides is 3. The van der Waals surface area contributed by atoms with Crippen molar-refractivity contribution in [3.63, 3.8) is 0 Å². The number of hydrogen-bond acceptors (Lipinski definition) is 5. The minimum Gasteiger partial charge on any atom is -0.444 e. The third-order valence-electron chi connectivity index (χ3n) is 2.80. The van der Waals surface area contributed by atoms with Gasteiger partial charge in [0.15, 0.2) is 0 Å². The standard InChI is InChI=1S/C15H26N2O5/c1-14(2,3)21-12(19)16-9-10-7-8-11(18)17(10)13(20)22-15(4,5)6/h10H,7-9H2,1-6H3,(H,16,19). The molecule has 0 aliphatic carbocycles. The SMILES string of the molecule is CC(C)(C)OC(=O)NCC1CCC(=O)N1C(=O)OC(C)(C)C. The summed E-state index contributed by atoms with van der Waals surface area (Å²) >= 11 is 0. The second-order valence-corrected chi connectivity index (χ2v) is 7.32. The predicted molar refractivity (Wildman–Crippen MR) is 80.3 cm³/mol. The molecule has 1 N–H and O–H groups in total. The van der Waals surface area contributed by atoms with Crippen LogP contribution in [0, 0.1) is 0 Å². The van der Waals surface area contributed by atoms with E-state index in [0.29, 0.717) is 6.42 Å². The second-order valence-electron chi connectivity index (χ2n) is 7.32. The molecule has 1 rings (SSSR count). The Morgan fingerprint density at radius 1 is 1.14 bits per heavy atom. The molecule has 1 atom stereocenters. The molecule has 0 saturated carbocycles. The van der Waals surface area contributed by atoms with Crippen LogP contribution in [-0.2, 0) is 14.3 Å². The van der Waals surface area contributed by atoms with Crippen molar-refractivity contribution in [2.24, 2.45) is 0 Å². The average molecular weight is 314 g/mol. The van der Waals surface area contributed by atoms with Gasteiger partial charge in [-0.1, -0.05) is 0 Å². The van der Waals surface area contributed by atoms with Crippen molar-refractivity contribution < 1.29 is 23.9 Å². The Kier molecular flexibility index (Phi) is 5.43. The summed E-state index contributed by atoms with van der Waals surface area (Å²) < 4.78 is 10.4. The van der Waals surface area contributed by atoms with E-state index in [1.54, 1.807) is 41.5 Å². The molecule has 7 nitrogen and oxygen atoms in total. The zero-order chi connectivity index (χ0) is 17.1. The normalized spacial score (nSPS) is 19.1. The monoisotopic (exact) mass is 314 g/mol. The highest BCUT2D eigenvalue weighted by atomic mass is 16.6. The molecule has 1 heterocycles. The summed E-state index contributed by atoms with van der Waals surface area (Å²) in [6.45, 7) is 10.6. The van der Waals surface area contributed by atoms with Gasteiger partial charge in [-0.3, -0.25) is 4.79 Å². The van der Waals surface area contributed by atoms with Crippen LogP contribution >= 0.6 is 0 Å². The molecule has 1 unspecified atom stereocenters. The zero-order valence-corrected chi connectivity index (χ0v) is 14.2. The van der Waals surface area contributed by atoms with Crippen molar-refractivity contribution in [1.29, 1.82) is 0 Å². The van der Waals surface area contributed by atoms with E-state index >= 15 is 0 Å². The number of nitrogens with zero attached hydrogens (tertiary/aromatic N) is 1. The molecular formula is C15H26N2O5. The van der Waals surface area contributed by atoms with Gasteiger partial charge in [-0.25, -0.2) is 14.5 Å². The van der Waals surface area contributed by atoms with Gasteiger partial charge in [0.05, 0.1) is 6.04 Å². The van der Waals surface area contributed by atoms with Gasteiger partial charge in [-0.05, 0) is 48.0 Å². The fourth-order valence-corrected chi connectivity index (χ4v) is 2.01. The molecule has 0 aromatic carbocycles. The Morgan fingerprint density at radius 2 is 1.68 bits per heavy atom. The lowest BCUT2D eigenvalue weighted by Gasteiger charge is -2.27. The minimum atomic E-state index is -0.677. The third kappa shape index (κ3) is 5.91. The molecular weight excluding hydrogens is 288 g/mol. The Morgan fingerprint density at radius 3 is 2.18 bits per heavy atom. The Hall–Kier alpha value is -1.79. The first kappa shape index (κ1) is 18.3. The highest BCUT2D eigenvalue weighted by Gasteiger charge is 2.38. The van der Waals surface area contributed by atoms with Crippen LogP contribution < -0.4 is 5.32 Å². The van der Waals surface area contributed by atoms with E-state index in [4.69, 9.17) is 9.47 Å². The van der Waals surface area contributed by atoms with Crippen LogP contribution in [-0.4, -0.2) is 46.8 Å². The summed E-state index contributed by atoms with van der Waals surface area (Å²) in [6.07, 6.45) is -0.490. The molecule has 1 saturated heterocycles. The summed E-state index contributed by atoms with van der Waals surface area (Å²) in [4.78, 5) is 36.7. The van der Waals surface area contributed by atoms with Crippen molar-refractivity contribution in [3.05, 3.63) is 0 Å². The maximum absolute atomic E-state index is 12.1. The fourth-order valence-electron chi connectivity index (χ4n) is 2.01. The van der Waals surface area contributed by atoms with E-state index in [0.717, 1.165) is 4.90 Å². The summed E-state index contributed by atoms with van der Waals surface area (Å²) in [6, 6.07) is -0.408. The van der Waals surface area contributed by atoms with Crippen LogP contribution in [0.3, 0.4) is 0 Å². The fraction of sp³-hybridized carbons (Fsp3) is 0.800. The number of imide groups is 1. The molecule has 22 heavy (non-hydrogen) atoms. The van der Waals surface area contributed by atoms with Crippen molar-refractivity contribution in [2.75, 3.05) is 6.54 Å². The van der Waals surface area contributed by atoms with Crippen LogP contribution in [0.4, 0.5) is 9.59 Å². The first-order valence-electron chi connectivity index (χ1n) is 7.41. The summed E-state index contributed by atoms with van der Waals surface area (Å²) in [7, 11) is 0. The molecule has 0 aromatic rings. The smallest absolute Gasteiger partial charge is 0.417 e. The van der Waals surface area contributed by atoms with E-state index in [-0.39, 0.29) is 18.9 Å². The van der Waals surface area contributed by atoms with Gasteiger partial charge in [0, 0.05) is 13.0 Å². The van der Waals surface area contributed by atoms with Gasteiger partial charge in [0.1, 0.15) is 11.2 Å². The van der Waals surface area contributed by atoms with Gasteiger partial charge in [-0.15, -0.1) is 0 Å². The van der Waals surface area contributed by atoms with Crippen LogP contribution in [0.5, 0.6) is 0 Å². The van der Waals surface area contributed by atoms with Crippen LogP contribution in [0.2, 0.25) is 0 Å². The van der Waals surface area contributed by atoms with Gasteiger partial charge in [0.2, 0.25) is 5.91 Å². The largest absolute Gasteiger partial charge is 0.444 e. The van der Waals surface area contributed by atoms with Crippen molar-refractivity contribution >= 4 is 18.1 Å². The van der Waals surface area contributed by atoms with Gasteiger partial charge in [-0.2, -0.15) is 0 Å². The van der Waals surface area contributed by atoms with Crippen LogP contribution in [0.1, 0.15) is 54.4 Å². The number of carbonyl (C=O) groups is 3. The van der Waals surface area contributed by atoms with E-state index < -0.39 is 29.4 Å². The average Bonchev–Trinajstić information content (AvgIpc) is 2.63. The highest BCUT2D eigenvalue weighted by molar-refractivity contribution is 5.94. The number of carbonyl (C=O) groups excluding carboxylic acids is 3. The summed E-state index contributed by atoms with van der Waals surface area (Å²) in [5.74, 6) is -0.287. The maximum atomic E-state index is 12.1. The van der Waals surface area contributed by atoms with Gasteiger partial charge >= 0.3 is 12.2 Å². The molecule has 0 aromatic heterocycles. The number of likely N-dealkylation sites (tertiary alicyclic amines) is 1. The van der Waals surface area contributed by atoms with Crippen LogP contribution in [0.15, 0.2) is 0 Å². The van der Waals surface area contributed by atoms with E-state index in [1.165, 1.54) is 0 Å². The first-order valence-corrected chi connectivity index (χ1v) is 7.41. The van der Waals surface area contributed by atoms with Crippen molar-refractivity contribution in [2.45, 2.75) is 71.6 Å². The Balaban J connectivity index is 2.60.